The number of nitrogens with one attached hydrogen (secondary N) is 2. The molecule has 1 aliphatic carbocycles. The van der Waals surface area contributed by atoms with Crippen LogP contribution >= 0.6 is 23.1 Å². The third-order valence-corrected chi connectivity index (χ3v) is 6.03. The van der Waals surface area contributed by atoms with Gasteiger partial charge in [0.15, 0.2) is 5.16 Å². The van der Waals surface area contributed by atoms with Crippen LogP contribution in [0.25, 0.3) is 0 Å². The molecule has 0 radical (unpaired) electrons. The maximum atomic E-state index is 12.2. The van der Waals surface area contributed by atoms with E-state index in [0.29, 0.717) is 12.6 Å². The molecule has 1 fully saturated rings. The first kappa shape index (κ1) is 19.9. The third kappa shape index (κ3) is 5.55. The summed E-state index contributed by atoms with van der Waals surface area (Å²) >= 11 is 3.09. The first-order valence-corrected chi connectivity index (χ1v) is 11.1. The lowest BCUT2D eigenvalue weighted by atomic mass is 10.3. The summed E-state index contributed by atoms with van der Waals surface area (Å²) in [4.78, 5) is 25.3. The molecule has 2 N–H and O–H groups in total. The number of carbonyl (C=O) groups is 2. The number of amides is 2. The number of hydrogen-bond acceptors (Lipinski definition) is 6. The molecule has 0 unspecified atom stereocenters. The smallest absolute Gasteiger partial charge is 0.242 e. The highest BCUT2D eigenvalue weighted by atomic mass is 32.2. The number of aromatic nitrogens is 3. The molecule has 0 aliphatic heterocycles. The van der Waals surface area contributed by atoms with E-state index in [0.717, 1.165) is 36.7 Å². The van der Waals surface area contributed by atoms with Crippen LogP contribution in [0, 0.1) is 0 Å². The van der Waals surface area contributed by atoms with Crippen molar-refractivity contribution < 1.29 is 9.59 Å². The van der Waals surface area contributed by atoms with Gasteiger partial charge in [-0.2, -0.15) is 0 Å². The second-order valence-corrected chi connectivity index (χ2v) is 8.60. The standard InChI is InChI=1S/C18H25N5O2S2/c1-3-8-19-17(25)12(2)20-16(24)11-27-18-22-21-15(23(18)13-6-7-13)10-14-5-4-9-26-14/h4-5,9,12-13H,3,6-8,10-11H2,1-2H3,(H,19,25)(H,20,24)/t12-/m1/s1. The molecule has 2 aromatic heterocycles. The molecule has 0 aromatic carbocycles. The monoisotopic (exact) mass is 407 g/mol. The highest BCUT2D eigenvalue weighted by Gasteiger charge is 2.30. The van der Waals surface area contributed by atoms with Gasteiger partial charge in [0.05, 0.1) is 5.75 Å². The Bertz CT molecular complexity index is 771. The summed E-state index contributed by atoms with van der Waals surface area (Å²) in [5, 5.41) is 17.0. The molecule has 1 atom stereocenters. The van der Waals surface area contributed by atoms with Gasteiger partial charge in [0.25, 0.3) is 0 Å². The average molecular weight is 408 g/mol. The zero-order valence-electron chi connectivity index (χ0n) is 15.6. The Morgan fingerprint density at radius 1 is 1.41 bits per heavy atom. The van der Waals surface area contributed by atoms with Crippen LogP contribution in [0.3, 0.4) is 0 Å². The lowest BCUT2D eigenvalue weighted by molar-refractivity contribution is -0.127. The molecule has 0 spiro atoms. The Hall–Kier alpha value is -1.87. The van der Waals surface area contributed by atoms with Gasteiger partial charge in [0.2, 0.25) is 11.8 Å². The molecular formula is C18H25N5O2S2. The number of carbonyl (C=O) groups excluding carboxylic acids is 2. The molecule has 9 heteroatoms. The van der Waals surface area contributed by atoms with Gasteiger partial charge in [-0.3, -0.25) is 9.59 Å². The molecule has 7 nitrogen and oxygen atoms in total. The van der Waals surface area contributed by atoms with Gasteiger partial charge >= 0.3 is 0 Å². The van der Waals surface area contributed by atoms with E-state index < -0.39 is 6.04 Å². The van der Waals surface area contributed by atoms with E-state index in [1.165, 1.54) is 16.6 Å². The maximum Gasteiger partial charge on any atom is 0.242 e. The van der Waals surface area contributed by atoms with E-state index in [-0.39, 0.29) is 17.6 Å². The zero-order chi connectivity index (χ0) is 19.2. The second-order valence-electron chi connectivity index (χ2n) is 6.63. The van der Waals surface area contributed by atoms with Crippen molar-refractivity contribution in [3.8, 4) is 0 Å². The first-order chi connectivity index (χ1) is 13.1. The molecule has 3 rings (SSSR count). The summed E-state index contributed by atoms with van der Waals surface area (Å²) in [5.41, 5.74) is 0. The summed E-state index contributed by atoms with van der Waals surface area (Å²) in [5.74, 6) is 0.837. The molecular weight excluding hydrogens is 382 g/mol. The SMILES string of the molecule is CCCNC(=O)[C@@H](C)NC(=O)CSc1nnc(Cc2cccs2)n1C1CC1. The molecule has 27 heavy (non-hydrogen) atoms. The lowest BCUT2D eigenvalue weighted by Crippen LogP contribution is -2.45. The fraction of sp³-hybridized carbons (Fsp3) is 0.556. The quantitative estimate of drug-likeness (QED) is 0.591. The summed E-state index contributed by atoms with van der Waals surface area (Å²) in [7, 11) is 0. The van der Waals surface area contributed by atoms with Crippen molar-refractivity contribution in [1.82, 2.24) is 25.4 Å². The largest absolute Gasteiger partial charge is 0.354 e. The second kappa shape index (κ2) is 9.36. The van der Waals surface area contributed by atoms with Crippen LogP contribution in [0.5, 0.6) is 0 Å². The fourth-order valence-corrected chi connectivity index (χ4v) is 4.21. The molecule has 2 aromatic rings. The number of rotatable bonds is 10. The van der Waals surface area contributed by atoms with Crippen LogP contribution in [-0.4, -0.2) is 44.9 Å². The van der Waals surface area contributed by atoms with Gasteiger partial charge < -0.3 is 15.2 Å². The van der Waals surface area contributed by atoms with Crippen LogP contribution in [0.2, 0.25) is 0 Å². The van der Waals surface area contributed by atoms with Gasteiger partial charge in [0.1, 0.15) is 11.9 Å². The number of nitrogens with zero attached hydrogens (tertiary/aromatic N) is 3. The topological polar surface area (TPSA) is 88.9 Å². The molecule has 2 amide bonds. The number of thiophene rings is 1. The van der Waals surface area contributed by atoms with Crippen LogP contribution in [0.1, 0.15) is 49.9 Å². The van der Waals surface area contributed by atoms with E-state index >= 15 is 0 Å². The van der Waals surface area contributed by atoms with Gasteiger partial charge in [0, 0.05) is 23.9 Å². The van der Waals surface area contributed by atoms with Crippen molar-refractivity contribution in [1.29, 1.82) is 0 Å². The highest BCUT2D eigenvalue weighted by molar-refractivity contribution is 7.99. The number of hydrogen-bond donors (Lipinski definition) is 2. The van der Waals surface area contributed by atoms with E-state index in [4.69, 9.17) is 0 Å². The van der Waals surface area contributed by atoms with E-state index in [9.17, 15) is 9.59 Å². The first-order valence-electron chi connectivity index (χ1n) is 9.24. The predicted molar refractivity (Wildman–Crippen MR) is 107 cm³/mol. The van der Waals surface area contributed by atoms with E-state index in [1.807, 2.05) is 13.0 Å². The predicted octanol–water partition coefficient (Wildman–Crippen LogP) is 2.39. The Kier molecular flexibility index (Phi) is 6.89. The van der Waals surface area contributed by atoms with Crippen molar-refractivity contribution in [2.45, 2.75) is 56.8 Å². The summed E-state index contributed by atoms with van der Waals surface area (Å²) < 4.78 is 2.18. The molecule has 0 saturated heterocycles. The van der Waals surface area contributed by atoms with Crippen LogP contribution in [0.15, 0.2) is 22.7 Å². The van der Waals surface area contributed by atoms with E-state index in [1.54, 1.807) is 18.3 Å². The Morgan fingerprint density at radius 2 is 2.22 bits per heavy atom. The van der Waals surface area contributed by atoms with Crippen LogP contribution < -0.4 is 10.6 Å². The minimum Gasteiger partial charge on any atom is -0.354 e. The van der Waals surface area contributed by atoms with E-state index in [2.05, 4.69) is 36.8 Å². The Balaban J connectivity index is 1.55. The van der Waals surface area contributed by atoms with Crippen LogP contribution in [0.4, 0.5) is 0 Å². The molecule has 2 heterocycles. The highest BCUT2D eigenvalue weighted by Crippen LogP contribution is 2.39. The summed E-state index contributed by atoms with van der Waals surface area (Å²) in [6, 6.07) is 4.04. The normalized spacial score (nSPS) is 14.7. The Morgan fingerprint density at radius 3 is 2.89 bits per heavy atom. The van der Waals surface area contributed by atoms with Crippen LogP contribution in [-0.2, 0) is 16.0 Å². The zero-order valence-corrected chi connectivity index (χ0v) is 17.2. The third-order valence-electron chi connectivity index (χ3n) is 4.21. The fourth-order valence-electron chi connectivity index (χ4n) is 2.67. The van der Waals surface area contributed by atoms with Crippen molar-refractivity contribution in [2.75, 3.05) is 12.3 Å². The maximum absolute atomic E-state index is 12.2. The van der Waals surface area contributed by atoms with Gasteiger partial charge in [-0.1, -0.05) is 24.8 Å². The summed E-state index contributed by atoms with van der Waals surface area (Å²) in [6.07, 6.45) is 3.89. The lowest BCUT2D eigenvalue weighted by Gasteiger charge is -2.13. The van der Waals surface area contributed by atoms with Crippen molar-refractivity contribution >= 4 is 34.9 Å². The van der Waals surface area contributed by atoms with Gasteiger partial charge in [-0.15, -0.1) is 21.5 Å². The van der Waals surface area contributed by atoms with Crippen molar-refractivity contribution in [2.24, 2.45) is 0 Å². The Labute approximate surface area is 167 Å². The molecule has 0 bridgehead atoms. The number of thioether (sulfide) groups is 1. The van der Waals surface area contributed by atoms with Gasteiger partial charge in [-0.05, 0) is 37.6 Å². The minimum atomic E-state index is -0.541. The summed E-state index contributed by atoms with van der Waals surface area (Å²) in [6.45, 7) is 4.30. The van der Waals surface area contributed by atoms with Crippen molar-refractivity contribution in [3.63, 3.8) is 0 Å². The molecule has 1 saturated carbocycles. The molecule has 1 aliphatic rings. The van der Waals surface area contributed by atoms with Gasteiger partial charge in [-0.25, -0.2) is 0 Å². The average Bonchev–Trinajstić information content (AvgIpc) is 3.20. The van der Waals surface area contributed by atoms with Crippen molar-refractivity contribution in [3.05, 3.63) is 28.2 Å². The minimum absolute atomic E-state index is 0.158. The molecule has 146 valence electrons.